The van der Waals surface area contributed by atoms with Crippen LogP contribution < -0.4 is 10.6 Å². The molecule has 3 rings (SSSR count). The van der Waals surface area contributed by atoms with Crippen LogP contribution in [0.25, 0.3) is 11.2 Å². The molecule has 2 aromatic heterocycles. The normalized spacial score (nSPS) is 29.8. The number of fused-ring (bicyclic) bond motifs is 1. The molecular weight excluding hydrogens is 341 g/mol. The van der Waals surface area contributed by atoms with Crippen LogP contribution in [0.15, 0.2) is 12.7 Å². The monoisotopic (exact) mass is 358 g/mol. The summed E-state index contributed by atoms with van der Waals surface area (Å²) in [6.45, 7) is 0.688. The molecule has 1 aliphatic rings. The third-order valence-corrected chi connectivity index (χ3v) is 4.33. The molecule has 3 heterocycles. The zero-order valence-electron chi connectivity index (χ0n) is 13.0. The molecule has 0 saturated carbocycles. The van der Waals surface area contributed by atoms with Gasteiger partial charge in [0, 0.05) is 13.8 Å². The van der Waals surface area contributed by atoms with Crippen molar-refractivity contribution in [3.8, 4) is 0 Å². The SMILES string of the molecule is COC1C(O)[C@@H](n2cnc3c(N)ncnc32)O[C@H]1COP(C)(=O)[O-]. The Kier molecular flexibility index (Phi) is 4.56. The minimum absolute atomic E-state index is 0.202. The van der Waals surface area contributed by atoms with Crippen LogP contribution in [0.5, 0.6) is 0 Å². The van der Waals surface area contributed by atoms with Gasteiger partial charge in [-0.05, 0) is 0 Å². The number of imidazole rings is 1. The number of aliphatic hydroxyl groups excluding tert-OH is 1. The van der Waals surface area contributed by atoms with Crippen LogP contribution in [0.3, 0.4) is 0 Å². The Bertz CT molecular complexity index is 778. The van der Waals surface area contributed by atoms with E-state index in [1.807, 2.05) is 0 Å². The first-order chi connectivity index (χ1) is 11.3. The molecule has 1 aliphatic heterocycles. The molecule has 132 valence electrons. The molecule has 0 bridgehead atoms. The van der Waals surface area contributed by atoms with E-state index in [0.29, 0.717) is 11.2 Å². The van der Waals surface area contributed by atoms with Crippen LogP contribution in [0.1, 0.15) is 6.23 Å². The van der Waals surface area contributed by atoms with Crippen molar-refractivity contribution in [2.45, 2.75) is 24.5 Å². The number of nitrogens with zero attached hydrogens (tertiary/aromatic N) is 4. The Morgan fingerprint density at radius 2 is 2.25 bits per heavy atom. The minimum Gasteiger partial charge on any atom is -0.779 e. The van der Waals surface area contributed by atoms with E-state index < -0.39 is 32.1 Å². The number of ether oxygens (including phenoxy) is 2. The Morgan fingerprint density at radius 1 is 1.50 bits per heavy atom. The number of methoxy groups -OCH3 is 1. The second kappa shape index (κ2) is 6.36. The van der Waals surface area contributed by atoms with Gasteiger partial charge >= 0.3 is 0 Å². The van der Waals surface area contributed by atoms with Crippen molar-refractivity contribution < 1.29 is 28.6 Å². The molecule has 12 heteroatoms. The number of nitrogens with two attached hydrogens (primary N) is 1. The van der Waals surface area contributed by atoms with Crippen LogP contribution in [0.2, 0.25) is 0 Å². The zero-order valence-corrected chi connectivity index (χ0v) is 13.9. The van der Waals surface area contributed by atoms with Crippen molar-refractivity contribution in [3.63, 3.8) is 0 Å². The van der Waals surface area contributed by atoms with E-state index in [2.05, 4.69) is 15.0 Å². The van der Waals surface area contributed by atoms with Gasteiger partial charge in [-0.2, -0.15) is 0 Å². The van der Waals surface area contributed by atoms with E-state index in [1.54, 1.807) is 0 Å². The number of rotatable bonds is 5. The van der Waals surface area contributed by atoms with Crippen molar-refractivity contribution in [2.75, 3.05) is 26.1 Å². The van der Waals surface area contributed by atoms with Crippen molar-refractivity contribution in [2.24, 2.45) is 0 Å². The van der Waals surface area contributed by atoms with Gasteiger partial charge in [0.15, 0.2) is 17.7 Å². The molecule has 0 aromatic carbocycles. The van der Waals surface area contributed by atoms with Gasteiger partial charge in [-0.3, -0.25) is 4.57 Å². The highest BCUT2D eigenvalue weighted by atomic mass is 31.2. The van der Waals surface area contributed by atoms with Crippen molar-refractivity contribution in [3.05, 3.63) is 12.7 Å². The molecule has 3 unspecified atom stereocenters. The van der Waals surface area contributed by atoms with Crippen LogP contribution >= 0.6 is 7.60 Å². The lowest BCUT2D eigenvalue weighted by atomic mass is 10.1. The Hall–Kier alpha value is -1.62. The number of hydrogen-bond donors (Lipinski definition) is 2. The second-order valence-electron chi connectivity index (χ2n) is 5.41. The largest absolute Gasteiger partial charge is 0.779 e. The maximum absolute atomic E-state index is 11.2. The molecule has 0 spiro atoms. The first-order valence-corrected chi connectivity index (χ1v) is 9.03. The Labute approximate surface area is 136 Å². The third-order valence-electron chi connectivity index (χ3n) is 3.72. The fourth-order valence-electron chi connectivity index (χ4n) is 2.64. The minimum atomic E-state index is -3.92. The Balaban J connectivity index is 1.88. The lowest BCUT2D eigenvalue weighted by molar-refractivity contribution is -0.200. The highest BCUT2D eigenvalue weighted by Crippen LogP contribution is 2.37. The van der Waals surface area contributed by atoms with Crippen molar-refractivity contribution in [1.82, 2.24) is 19.5 Å². The third kappa shape index (κ3) is 3.14. The number of aromatic nitrogens is 4. The number of aliphatic hydroxyl groups is 1. The standard InChI is InChI=1S/C12H18N5O6P/c1-21-9-6(3-22-24(2,19)20)23-12(8(9)18)17-5-16-7-10(13)14-4-15-11(7)17/h4-6,8-9,12,18H,3H2,1-2H3,(H,19,20)(H2,13,14,15)/p-1/t6-,8?,9?,12-/m0/s1. The summed E-state index contributed by atoms with van der Waals surface area (Å²) in [6.07, 6.45) is -0.841. The van der Waals surface area contributed by atoms with Crippen LogP contribution in [-0.2, 0) is 18.6 Å². The number of anilines is 1. The fraction of sp³-hybridized carbons (Fsp3) is 0.583. The van der Waals surface area contributed by atoms with Gasteiger partial charge < -0.3 is 34.3 Å². The van der Waals surface area contributed by atoms with E-state index in [4.69, 9.17) is 19.7 Å². The molecule has 0 radical (unpaired) electrons. The van der Waals surface area contributed by atoms with E-state index >= 15 is 0 Å². The maximum Gasteiger partial charge on any atom is 0.167 e. The summed E-state index contributed by atoms with van der Waals surface area (Å²) in [4.78, 5) is 23.2. The van der Waals surface area contributed by atoms with E-state index in [1.165, 1.54) is 24.3 Å². The molecule has 5 atom stereocenters. The fourth-order valence-corrected chi connectivity index (χ4v) is 3.06. The van der Waals surface area contributed by atoms with Gasteiger partial charge in [0.1, 0.15) is 37.8 Å². The van der Waals surface area contributed by atoms with Gasteiger partial charge in [0.05, 0.1) is 12.9 Å². The lowest BCUT2D eigenvalue weighted by Crippen LogP contribution is -2.35. The molecule has 0 amide bonds. The highest BCUT2D eigenvalue weighted by Gasteiger charge is 2.45. The predicted molar refractivity (Wildman–Crippen MR) is 79.9 cm³/mol. The average Bonchev–Trinajstić information content (AvgIpc) is 3.06. The van der Waals surface area contributed by atoms with E-state index in [-0.39, 0.29) is 12.4 Å². The van der Waals surface area contributed by atoms with Crippen LogP contribution in [0, 0.1) is 0 Å². The summed E-state index contributed by atoms with van der Waals surface area (Å²) >= 11 is 0. The van der Waals surface area contributed by atoms with Crippen molar-refractivity contribution in [1.29, 1.82) is 0 Å². The molecule has 3 N–H and O–H groups in total. The average molecular weight is 358 g/mol. The smallest absolute Gasteiger partial charge is 0.167 e. The molecule has 1 fully saturated rings. The Morgan fingerprint density at radius 3 is 2.92 bits per heavy atom. The van der Waals surface area contributed by atoms with E-state index in [9.17, 15) is 14.6 Å². The molecule has 11 nitrogen and oxygen atoms in total. The summed E-state index contributed by atoms with van der Waals surface area (Å²) in [5, 5.41) is 10.5. The molecular formula is C12H17N5O6P-. The quantitative estimate of drug-likeness (QED) is 0.627. The molecule has 24 heavy (non-hydrogen) atoms. The molecule has 2 aromatic rings. The first-order valence-electron chi connectivity index (χ1n) is 7.04. The topological polar surface area (TPSA) is 158 Å². The number of hydrogen-bond acceptors (Lipinski definition) is 10. The summed E-state index contributed by atoms with van der Waals surface area (Å²) < 4.78 is 28.4. The lowest BCUT2D eigenvalue weighted by Gasteiger charge is -2.23. The first kappa shape index (κ1) is 17.2. The van der Waals surface area contributed by atoms with Gasteiger partial charge in [-0.1, -0.05) is 0 Å². The second-order valence-corrected chi connectivity index (χ2v) is 7.21. The van der Waals surface area contributed by atoms with Gasteiger partial charge in [0.25, 0.3) is 0 Å². The molecule has 1 saturated heterocycles. The van der Waals surface area contributed by atoms with Crippen LogP contribution in [0.4, 0.5) is 5.82 Å². The van der Waals surface area contributed by atoms with Gasteiger partial charge in [-0.15, -0.1) is 0 Å². The highest BCUT2D eigenvalue weighted by molar-refractivity contribution is 7.50. The van der Waals surface area contributed by atoms with Crippen LogP contribution in [-0.4, -0.2) is 63.3 Å². The predicted octanol–water partition coefficient (Wildman–Crippen LogP) is -1.12. The van der Waals surface area contributed by atoms with Gasteiger partial charge in [-0.25, -0.2) is 15.0 Å². The van der Waals surface area contributed by atoms with Gasteiger partial charge in [0.2, 0.25) is 0 Å². The van der Waals surface area contributed by atoms with E-state index in [0.717, 1.165) is 6.66 Å². The zero-order chi connectivity index (χ0) is 17.5. The molecule has 0 aliphatic carbocycles. The summed E-state index contributed by atoms with van der Waals surface area (Å²) in [7, 11) is -2.53. The summed E-state index contributed by atoms with van der Waals surface area (Å²) in [6, 6.07) is 0. The summed E-state index contributed by atoms with van der Waals surface area (Å²) in [5.74, 6) is 0.202. The summed E-state index contributed by atoms with van der Waals surface area (Å²) in [5.41, 5.74) is 6.50. The maximum atomic E-state index is 11.2. The number of nitrogen functional groups attached to an aromatic ring is 1. The van der Waals surface area contributed by atoms with Crippen molar-refractivity contribution >= 4 is 24.6 Å².